The van der Waals surface area contributed by atoms with Crippen LogP contribution in [0.5, 0.6) is 0 Å². The van der Waals surface area contributed by atoms with Crippen LogP contribution in [0.3, 0.4) is 0 Å². The molecule has 1 nitrogen and oxygen atoms in total. The van der Waals surface area contributed by atoms with Crippen LogP contribution < -0.4 is 0 Å². The maximum absolute atomic E-state index is 10.0. The van der Waals surface area contributed by atoms with E-state index in [4.69, 9.17) is 0 Å². The van der Waals surface area contributed by atoms with Gasteiger partial charge in [0.25, 0.3) is 0 Å². The van der Waals surface area contributed by atoms with Crippen molar-refractivity contribution in [2.45, 2.75) is 26.2 Å². The Morgan fingerprint density at radius 1 is 1.29 bits per heavy atom. The fourth-order valence-corrected chi connectivity index (χ4v) is 1.24. The van der Waals surface area contributed by atoms with Crippen molar-refractivity contribution in [1.82, 2.24) is 0 Å². The van der Waals surface area contributed by atoms with Gasteiger partial charge in [0.15, 0.2) is 0 Å². The normalized spacial score (nSPS) is 8.93. The van der Waals surface area contributed by atoms with E-state index in [2.05, 4.69) is 30.9 Å². The van der Waals surface area contributed by atoms with Crippen molar-refractivity contribution in [2.75, 3.05) is 0 Å². The van der Waals surface area contributed by atoms with Crippen molar-refractivity contribution in [3.63, 3.8) is 0 Å². The van der Waals surface area contributed by atoms with Gasteiger partial charge in [-0.05, 0) is 24.1 Å². The number of carbonyl (C=O) groups is 1. The summed E-state index contributed by atoms with van der Waals surface area (Å²) in [5, 5.41) is 0. The van der Waals surface area contributed by atoms with Crippen LogP contribution in [-0.4, -0.2) is 6.29 Å². The maximum atomic E-state index is 10.0. The lowest BCUT2D eigenvalue weighted by atomic mass is 10.1. The topological polar surface area (TPSA) is 17.1 Å². The summed E-state index contributed by atoms with van der Waals surface area (Å²) in [4.78, 5) is 10.0. The standard InChI is InChI=1S/C13H14O/c1-2-5-12-7-9-13(10-8-12)6-3-4-11-14/h7-11H,2,4-5H2,1H3. The number of aryl methyl sites for hydroxylation is 1. The minimum atomic E-state index is 0.316. The molecule has 0 atom stereocenters. The number of rotatable bonds is 3. The van der Waals surface area contributed by atoms with Crippen LogP contribution in [0, 0.1) is 11.8 Å². The molecular weight excluding hydrogens is 172 g/mol. The Morgan fingerprint density at radius 3 is 2.57 bits per heavy atom. The highest BCUT2D eigenvalue weighted by atomic mass is 16.1. The molecule has 0 aromatic heterocycles. The molecule has 0 fully saturated rings. The second kappa shape index (κ2) is 5.99. The lowest BCUT2D eigenvalue weighted by Crippen LogP contribution is -1.82. The minimum Gasteiger partial charge on any atom is -0.302 e. The SMILES string of the molecule is CCCc1ccc(C#CCC=O)cc1. The van der Waals surface area contributed by atoms with Gasteiger partial charge in [-0.25, -0.2) is 0 Å². The quantitative estimate of drug-likeness (QED) is 0.524. The van der Waals surface area contributed by atoms with Crippen molar-refractivity contribution in [1.29, 1.82) is 0 Å². The van der Waals surface area contributed by atoms with Crippen molar-refractivity contribution in [3.8, 4) is 11.8 Å². The lowest BCUT2D eigenvalue weighted by Gasteiger charge is -1.97. The fraction of sp³-hybridized carbons (Fsp3) is 0.308. The zero-order chi connectivity index (χ0) is 10.2. The predicted molar refractivity (Wildman–Crippen MR) is 58.0 cm³/mol. The van der Waals surface area contributed by atoms with Crippen molar-refractivity contribution < 1.29 is 4.79 Å². The van der Waals surface area contributed by atoms with E-state index in [0.717, 1.165) is 24.7 Å². The summed E-state index contributed by atoms with van der Waals surface area (Å²) in [5.74, 6) is 5.72. The second-order valence-electron chi connectivity index (χ2n) is 3.12. The summed E-state index contributed by atoms with van der Waals surface area (Å²) >= 11 is 0. The minimum absolute atomic E-state index is 0.316. The Labute approximate surface area is 85.1 Å². The molecule has 0 unspecified atom stereocenters. The predicted octanol–water partition coefficient (Wildman–Crippen LogP) is 2.58. The molecule has 0 amide bonds. The molecule has 0 aliphatic rings. The molecule has 0 spiro atoms. The van der Waals surface area contributed by atoms with E-state index in [1.807, 2.05) is 12.1 Å². The lowest BCUT2D eigenvalue weighted by molar-refractivity contribution is -0.107. The number of aldehydes is 1. The number of hydrogen-bond acceptors (Lipinski definition) is 1. The largest absolute Gasteiger partial charge is 0.302 e. The first-order valence-electron chi connectivity index (χ1n) is 4.88. The molecule has 0 heterocycles. The third-order valence-electron chi connectivity index (χ3n) is 1.91. The van der Waals surface area contributed by atoms with Gasteiger partial charge >= 0.3 is 0 Å². The molecule has 14 heavy (non-hydrogen) atoms. The van der Waals surface area contributed by atoms with Crippen LogP contribution in [0.25, 0.3) is 0 Å². The van der Waals surface area contributed by atoms with Gasteiger partial charge in [-0.1, -0.05) is 37.3 Å². The Hall–Kier alpha value is -1.55. The molecule has 1 aromatic rings. The molecule has 0 bridgehead atoms. The van der Waals surface area contributed by atoms with Gasteiger partial charge in [0.05, 0.1) is 6.42 Å². The molecule has 0 aliphatic heterocycles. The van der Waals surface area contributed by atoms with Gasteiger partial charge in [0.2, 0.25) is 0 Å². The van der Waals surface area contributed by atoms with E-state index in [0.29, 0.717) is 6.42 Å². The van der Waals surface area contributed by atoms with Crippen LogP contribution in [-0.2, 0) is 11.2 Å². The molecule has 72 valence electrons. The maximum Gasteiger partial charge on any atom is 0.131 e. The third kappa shape index (κ3) is 3.45. The van der Waals surface area contributed by atoms with Crippen LogP contribution in [0.15, 0.2) is 24.3 Å². The van der Waals surface area contributed by atoms with Gasteiger partial charge < -0.3 is 4.79 Å². The Balaban J connectivity index is 2.64. The first-order chi connectivity index (χ1) is 6.86. The summed E-state index contributed by atoms with van der Waals surface area (Å²) in [6.45, 7) is 2.16. The zero-order valence-corrected chi connectivity index (χ0v) is 8.42. The number of benzene rings is 1. The highest BCUT2D eigenvalue weighted by Gasteiger charge is 1.90. The summed E-state index contributed by atoms with van der Waals surface area (Å²) in [6, 6.07) is 8.19. The van der Waals surface area contributed by atoms with Crippen LogP contribution in [0.1, 0.15) is 30.9 Å². The summed E-state index contributed by atoms with van der Waals surface area (Å²) in [6.07, 6.45) is 3.41. The summed E-state index contributed by atoms with van der Waals surface area (Å²) < 4.78 is 0. The monoisotopic (exact) mass is 186 g/mol. The molecule has 0 saturated carbocycles. The Bertz CT molecular complexity index is 338. The first-order valence-corrected chi connectivity index (χ1v) is 4.88. The van der Waals surface area contributed by atoms with E-state index < -0.39 is 0 Å². The molecule has 0 N–H and O–H groups in total. The van der Waals surface area contributed by atoms with Crippen molar-refractivity contribution in [3.05, 3.63) is 35.4 Å². The van der Waals surface area contributed by atoms with Gasteiger partial charge in [-0.2, -0.15) is 0 Å². The van der Waals surface area contributed by atoms with E-state index >= 15 is 0 Å². The van der Waals surface area contributed by atoms with Crippen LogP contribution in [0.4, 0.5) is 0 Å². The highest BCUT2D eigenvalue weighted by molar-refractivity contribution is 5.54. The van der Waals surface area contributed by atoms with E-state index in [1.165, 1.54) is 5.56 Å². The molecular formula is C13H14O. The molecule has 1 aromatic carbocycles. The smallest absolute Gasteiger partial charge is 0.131 e. The molecule has 1 heteroatoms. The summed E-state index contributed by atoms with van der Waals surface area (Å²) in [7, 11) is 0. The average Bonchev–Trinajstić information content (AvgIpc) is 2.21. The van der Waals surface area contributed by atoms with E-state index in [-0.39, 0.29) is 0 Å². The van der Waals surface area contributed by atoms with Crippen LogP contribution >= 0.6 is 0 Å². The molecule has 0 saturated heterocycles. The van der Waals surface area contributed by atoms with Crippen molar-refractivity contribution >= 4 is 6.29 Å². The van der Waals surface area contributed by atoms with Gasteiger partial charge in [-0.15, -0.1) is 0 Å². The molecule has 0 radical (unpaired) electrons. The number of carbonyl (C=O) groups excluding carboxylic acids is 1. The van der Waals surface area contributed by atoms with Gasteiger partial charge in [0, 0.05) is 5.56 Å². The second-order valence-corrected chi connectivity index (χ2v) is 3.12. The van der Waals surface area contributed by atoms with E-state index in [1.54, 1.807) is 0 Å². The van der Waals surface area contributed by atoms with Gasteiger partial charge in [0.1, 0.15) is 6.29 Å². The Morgan fingerprint density at radius 2 is 2.00 bits per heavy atom. The van der Waals surface area contributed by atoms with E-state index in [9.17, 15) is 4.79 Å². The Kier molecular flexibility index (Phi) is 4.50. The molecule has 0 aliphatic carbocycles. The average molecular weight is 186 g/mol. The number of hydrogen-bond donors (Lipinski definition) is 0. The first kappa shape index (κ1) is 10.5. The fourth-order valence-electron chi connectivity index (χ4n) is 1.24. The van der Waals surface area contributed by atoms with Crippen molar-refractivity contribution in [2.24, 2.45) is 0 Å². The summed E-state index contributed by atoms with van der Waals surface area (Å²) in [5.41, 5.74) is 2.32. The third-order valence-corrected chi connectivity index (χ3v) is 1.91. The molecule has 1 rings (SSSR count). The zero-order valence-electron chi connectivity index (χ0n) is 8.42. The van der Waals surface area contributed by atoms with Gasteiger partial charge in [-0.3, -0.25) is 0 Å². The van der Waals surface area contributed by atoms with Crippen LogP contribution in [0.2, 0.25) is 0 Å². The highest BCUT2D eigenvalue weighted by Crippen LogP contribution is 2.05.